The summed E-state index contributed by atoms with van der Waals surface area (Å²) >= 11 is 0. The van der Waals surface area contributed by atoms with Gasteiger partial charge in [0.1, 0.15) is 11.4 Å². The van der Waals surface area contributed by atoms with Crippen molar-refractivity contribution in [2.45, 2.75) is 43.8 Å². The van der Waals surface area contributed by atoms with E-state index in [0.717, 1.165) is 37.8 Å². The van der Waals surface area contributed by atoms with Gasteiger partial charge in [-0.25, -0.2) is 4.39 Å². The average molecular weight is 330 g/mol. The van der Waals surface area contributed by atoms with Crippen molar-refractivity contribution in [3.05, 3.63) is 39.7 Å². The summed E-state index contributed by atoms with van der Waals surface area (Å²) in [5, 5.41) is 17.2. The first-order chi connectivity index (χ1) is 10.0. The van der Waals surface area contributed by atoms with Crippen LogP contribution in [0.4, 0.5) is 10.1 Å². The van der Waals surface area contributed by atoms with E-state index >= 15 is 0 Å². The molecule has 2 bridgehead atoms. The Hall–Kier alpha value is -1.73. The Morgan fingerprint density at radius 3 is 2.55 bits per heavy atom. The van der Waals surface area contributed by atoms with Crippen molar-refractivity contribution < 1.29 is 14.1 Å². The molecule has 1 aromatic carbocycles. The molecule has 2 heterocycles. The van der Waals surface area contributed by atoms with Gasteiger partial charge in [-0.1, -0.05) is 0 Å². The Bertz CT molecular complexity index is 587. The number of hydrogen-bond donors (Lipinski definition) is 2. The monoisotopic (exact) mass is 329 g/mol. The Labute approximate surface area is 133 Å². The second-order valence-electron chi connectivity index (χ2n) is 5.70. The third-order valence-electron chi connectivity index (χ3n) is 4.21. The van der Waals surface area contributed by atoms with Crippen molar-refractivity contribution in [1.29, 1.82) is 0 Å². The van der Waals surface area contributed by atoms with Crippen LogP contribution in [-0.4, -0.2) is 29.0 Å². The van der Waals surface area contributed by atoms with E-state index in [4.69, 9.17) is 0 Å². The molecule has 0 aromatic heterocycles. The minimum Gasteiger partial charge on any atom is -0.349 e. The molecule has 2 N–H and O–H groups in total. The Morgan fingerprint density at radius 2 is 1.95 bits per heavy atom. The summed E-state index contributed by atoms with van der Waals surface area (Å²) in [4.78, 5) is 22.4. The van der Waals surface area contributed by atoms with Gasteiger partial charge in [-0.15, -0.1) is 12.4 Å². The number of amides is 1. The number of benzene rings is 1. The molecule has 22 heavy (non-hydrogen) atoms. The lowest BCUT2D eigenvalue weighted by molar-refractivity contribution is -0.385. The number of hydrogen-bond acceptors (Lipinski definition) is 4. The van der Waals surface area contributed by atoms with E-state index < -0.39 is 22.3 Å². The fourth-order valence-electron chi connectivity index (χ4n) is 3.29. The largest absolute Gasteiger partial charge is 0.349 e. The maximum atomic E-state index is 13.1. The van der Waals surface area contributed by atoms with Crippen LogP contribution >= 0.6 is 12.4 Å². The molecule has 120 valence electrons. The van der Waals surface area contributed by atoms with Gasteiger partial charge in [0, 0.05) is 18.1 Å². The highest BCUT2D eigenvalue weighted by atomic mass is 35.5. The van der Waals surface area contributed by atoms with Gasteiger partial charge in [0.2, 0.25) is 0 Å². The summed E-state index contributed by atoms with van der Waals surface area (Å²) in [6.45, 7) is 0. The first kappa shape index (κ1) is 16.6. The highest BCUT2D eigenvalue weighted by molar-refractivity contribution is 5.98. The molecule has 8 heteroatoms. The zero-order valence-electron chi connectivity index (χ0n) is 11.8. The summed E-state index contributed by atoms with van der Waals surface area (Å²) in [5.41, 5.74) is -0.586. The van der Waals surface area contributed by atoms with Crippen LogP contribution in [0, 0.1) is 15.9 Å². The maximum absolute atomic E-state index is 13.1. The molecular weight excluding hydrogens is 313 g/mol. The molecule has 2 fully saturated rings. The number of fused-ring (bicyclic) bond motifs is 2. The van der Waals surface area contributed by atoms with Crippen LogP contribution in [-0.2, 0) is 0 Å². The van der Waals surface area contributed by atoms with E-state index in [2.05, 4.69) is 10.6 Å². The van der Waals surface area contributed by atoms with Crippen molar-refractivity contribution >= 4 is 24.0 Å². The number of carbonyl (C=O) groups excluding carboxylic acids is 1. The first-order valence-corrected chi connectivity index (χ1v) is 7.04. The van der Waals surface area contributed by atoms with Crippen LogP contribution in [0.25, 0.3) is 0 Å². The zero-order valence-corrected chi connectivity index (χ0v) is 12.6. The van der Waals surface area contributed by atoms with E-state index in [1.54, 1.807) is 0 Å². The van der Waals surface area contributed by atoms with Crippen LogP contribution in [0.1, 0.15) is 36.0 Å². The minimum atomic E-state index is -0.732. The van der Waals surface area contributed by atoms with Crippen LogP contribution in [0.3, 0.4) is 0 Å². The normalized spacial score (nSPS) is 26.1. The van der Waals surface area contributed by atoms with Crippen molar-refractivity contribution in [1.82, 2.24) is 10.6 Å². The Kier molecular flexibility index (Phi) is 4.97. The Morgan fingerprint density at radius 1 is 1.32 bits per heavy atom. The lowest BCUT2D eigenvalue weighted by atomic mass is 9.99. The van der Waals surface area contributed by atoms with Crippen molar-refractivity contribution in [2.75, 3.05) is 0 Å². The van der Waals surface area contributed by atoms with Crippen LogP contribution in [0.15, 0.2) is 18.2 Å². The van der Waals surface area contributed by atoms with Gasteiger partial charge in [-0.05, 0) is 37.8 Å². The van der Waals surface area contributed by atoms with E-state index in [1.165, 1.54) is 6.07 Å². The van der Waals surface area contributed by atoms with Gasteiger partial charge < -0.3 is 10.6 Å². The number of nitrogens with one attached hydrogen (secondary N) is 2. The summed E-state index contributed by atoms with van der Waals surface area (Å²) in [6.07, 6.45) is 3.87. The second kappa shape index (κ2) is 6.58. The number of rotatable bonds is 3. The van der Waals surface area contributed by atoms with Crippen molar-refractivity contribution in [3.8, 4) is 0 Å². The smallest absolute Gasteiger partial charge is 0.285 e. The lowest BCUT2D eigenvalue weighted by Gasteiger charge is -2.29. The van der Waals surface area contributed by atoms with Gasteiger partial charge >= 0.3 is 0 Å². The molecule has 0 saturated carbocycles. The van der Waals surface area contributed by atoms with Crippen LogP contribution < -0.4 is 10.6 Å². The quantitative estimate of drug-likeness (QED) is 0.657. The lowest BCUT2D eigenvalue weighted by Crippen LogP contribution is -2.48. The topological polar surface area (TPSA) is 84.3 Å². The molecule has 3 rings (SSSR count). The highest BCUT2D eigenvalue weighted by Crippen LogP contribution is 2.27. The first-order valence-electron chi connectivity index (χ1n) is 7.04. The summed E-state index contributed by atoms with van der Waals surface area (Å²) in [6, 6.07) is 3.85. The number of halogens is 2. The highest BCUT2D eigenvalue weighted by Gasteiger charge is 2.34. The molecule has 1 aromatic rings. The van der Waals surface area contributed by atoms with Crippen LogP contribution in [0.2, 0.25) is 0 Å². The number of nitro groups is 1. The SMILES string of the molecule is Cl.O=C(NC1CC2CCC(C1)N2)c1ccc(F)cc1[N+](=O)[O-]. The molecule has 2 saturated heterocycles. The molecule has 2 unspecified atom stereocenters. The second-order valence-corrected chi connectivity index (χ2v) is 5.70. The van der Waals surface area contributed by atoms with E-state index in [1.807, 2.05) is 0 Å². The van der Waals surface area contributed by atoms with Gasteiger partial charge in [0.15, 0.2) is 0 Å². The van der Waals surface area contributed by atoms with Gasteiger partial charge in [0.25, 0.3) is 11.6 Å². The number of nitrogens with zero attached hydrogens (tertiary/aromatic N) is 1. The molecule has 6 nitrogen and oxygen atoms in total. The van der Waals surface area contributed by atoms with E-state index in [0.29, 0.717) is 12.1 Å². The number of piperidine rings is 1. The molecule has 0 radical (unpaired) electrons. The van der Waals surface area contributed by atoms with Gasteiger partial charge in [0.05, 0.1) is 11.0 Å². The zero-order chi connectivity index (χ0) is 15.0. The standard InChI is InChI=1S/C14H16FN3O3.ClH/c15-8-1-4-12(13(5-8)18(20)21)14(19)17-11-6-9-2-3-10(7-11)16-9;/h1,4-5,9-11,16H,2-3,6-7H2,(H,17,19);1H. The van der Waals surface area contributed by atoms with Crippen LogP contribution in [0.5, 0.6) is 0 Å². The number of carbonyl (C=O) groups is 1. The van der Waals surface area contributed by atoms with Crippen molar-refractivity contribution in [3.63, 3.8) is 0 Å². The Balaban J connectivity index is 0.00000176. The summed E-state index contributed by atoms with van der Waals surface area (Å²) in [5.74, 6) is -1.23. The third-order valence-corrected chi connectivity index (χ3v) is 4.21. The third kappa shape index (κ3) is 3.36. The average Bonchev–Trinajstić information content (AvgIpc) is 2.77. The molecule has 1 amide bonds. The van der Waals surface area contributed by atoms with E-state index in [-0.39, 0.29) is 24.0 Å². The molecule has 2 atom stereocenters. The van der Waals surface area contributed by atoms with Gasteiger partial charge in [-0.2, -0.15) is 0 Å². The molecule has 0 aliphatic carbocycles. The molecule has 2 aliphatic rings. The minimum absolute atomic E-state index is 0. The molecule has 0 spiro atoms. The summed E-state index contributed by atoms with van der Waals surface area (Å²) < 4.78 is 13.1. The van der Waals surface area contributed by atoms with Crippen molar-refractivity contribution in [2.24, 2.45) is 0 Å². The summed E-state index contributed by atoms with van der Waals surface area (Å²) in [7, 11) is 0. The van der Waals surface area contributed by atoms with E-state index in [9.17, 15) is 19.3 Å². The predicted octanol–water partition coefficient (Wildman–Crippen LogP) is 2.17. The fraction of sp³-hybridized carbons (Fsp3) is 0.500. The fourth-order valence-corrected chi connectivity index (χ4v) is 3.29. The van der Waals surface area contributed by atoms with Gasteiger partial charge in [-0.3, -0.25) is 14.9 Å². The maximum Gasteiger partial charge on any atom is 0.285 e. The predicted molar refractivity (Wildman–Crippen MR) is 80.7 cm³/mol. The number of nitro benzene ring substituents is 1. The molecular formula is C14H17ClFN3O3. The molecule has 2 aliphatic heterocycles.